The van der Waals surface area contributed by atoms with Gasteiger partial charge >= 0.3 is 5.97 Å². The number of aliphatic carboxylic acids is 1. The number of unbranched alkanes of at least 4 members (excludes halogenated alkanes) is 1. The number of amides is 3. The van der Waals surface area contributed by atoms with Crippen LogP contribution in [0, 0.1) is 0 Å². The van der Waals surface area contributed by atoms with Crippen molar-refractivity contribution in [3.8, 4) is 5.75 Å². The summed E-state index contributed by atoms with van der Waals surface area (Å²) in [6.45, 7) is 3.01. The van der Waals surface area contributed by atoms with E-state index >= 15 is 0 Å². The molecule has 5 atom stereocenters. The van der Waals surface area contributed by atoms with Gasteiger partial charge in [-0.05, 0) is 57.4 Å². The van der Waals surface area contributed by atoms with Crippen LogP contribution in [-0.2, 0) is 25.6 Å². The second-order valence-corrected chi connectivity index (χ2v) is 8.11. The van der Waals surface area contributed by atoms with Gasteiger partial charge in [0.2, 0.25) is 17.7 Å². The number of phenols is 1. The smallest absolute Gasteiger partial charge is 0.325 e. The van der Waals surface area contributed by atoms with Crippen molar-refractivity contribution in [3.63, 3.8) is 0 Å². The Morgan fingerprint density at radius 3 is 2.00 bits per heavy atom. The fourth-order valence-electron chi connectivity index (χ4n) is 2.97. The van der Waals surface area contributed by atoms with E-state index in [1.807, 2.05) is 0 Å². The monoisotopic (exact) mass is 481 g/mol. The highest BCUT2D eigenvalue weighted by molar-refractivity contribution is 5.94. The number of nitrogens with one attached hydrogen (secondary N) is 3. The minimum atomic E-state index is -1.25. The maximum Gasteiger partial charge on any atom is 0.325 e. The van der Waals surface area contributed by atoms with Crippen LogP contribution in [0.15, 0.2) is 24.3 Å². The van der Waals surface area contributed by atoms with E-state index in [1.54, 1.807) is 12.1 Å². The van der Waals surface area contributed by atoms with Crippen molar-refractivity contribution < 1.29 is 34.5 Å². The summed E-state index contributed by atoms with van der Waals surface area (Å²) in [5.74, 6) is -3.37. The lowest BCUT2D eigenvalue weighted by Crippen LogP contribution is -2.58. The van der Waals surface area contributed by atoms with E-state index in [0.717, 1.165) is 0 Å². The van der Waals surface area contributed by atoms with Crippen LogP contribution in [0.4, 0.5) is 0 Å². The Morgan fingerprint density at radius 2 is 1.47 bits per heavy atom. The summed E-state index contributed by atoms with van der Waals surface area (Å²) in [5.41, 5.74) is 11.8. The molecule has 12 nitrogen and oxygen atoms in total. The zero-order valence-electron chi connectivity index (χ0n) is 19.4. The van der Waals surface area contributed by atoms with Crippen molar-refractivity contribution in [1.82, 2.24) is 16.0 Å². The van der Waals surface area contributed by atoms with Crippen LogP contribution in [0.25, 0.3) is 0 Å². The van der Waals surface area contributed by atoms with Crippen LogP contribution in [0.1, 0.15) is 38.7 Å². The molecule has 1 aromatic carbocycles. The van der Waals surface area contributed by atoms with Crippen LogP contribution in [0.2, 0.25) is 0 Å². The second-order valence-electron chi connectivity index (χ2n) is 8.11. The molecule has 12 heteroatoms. The molecule has 10 N–H and O–H groups in total. The zero-order chi connectivity index (χ0) is 25.8. The average molecular weight is 482 g/mol. The Kier molecular flexibility index (Phi) is 12.0. The number of aliphatic hydroxyl groups is 1. The van der Waals surface area contributed by atoms with Crippen molar-refractivity contribution in [2.24, 2.45) is 11.5 Å². The molecule has 0 aromatic heterocycles. The first-order valence-electron chi connectivity index (χ1n) is 11.0. The Hall–Kier alpha value is -3.22. The molecular formula is C22H35N5O7. The van der Waals surface area contributed by atoms with Gasteiger partial charge in [-0.15, -0.1) is 0 Å². The largest absolute Gasteiger partial charge is 0.508 e. The zero-order valence-corrected chi connectivity index (χ0v) is 19.4. The third-order valence-electron chi connectivity index (χ3n) is 5.14. The van der Waals surface area contributed by atoms with Gasteiger partial charge in [-0.3, -0.25) is 19.2 Å². The minimum absolute atomic E-state index is 0.000840. The van der Waals surface area contributed by atoms with Crippen LogP contribution < -0.4 is 27.4 Å². The summed E-state index contributed by atoms with van der Waals surface area (Å²) >= 11 is 0. The Labute approximate surface area is 198 Å². The molecular weight excluding hydrogens is 446 g/mol. The predicted octanol–water partition coefficient (Wildman–Crippen LogP) is -1.67. The standard InChI is InChI=1S/C22H35N5O7/c1-12(22(33)34)25-20(31)17(11-14-6-8-15(29)9-7-14)27-19(30)16(5-3-4-10-23)26-21(32)18(24)13(2)28/h6-9,12-13,16-18,28-29H,3-5,10-11,23-24H2,1-2H3,(H,25,31)(H,26,32)(H,27,30)(H,33,34). The first-order chi connectivity index (χ1) is 16.0. The third-order valence-corrected chi connectivity index (χ3v) is 5.14. The lowest BCUT2D eigenvalue weighted by atomic mass is 10.0. The number of aromatic hydroxyl groups is 1. The maximum atomic E-state index is 13.0. The fraction of sp³-hybridized carbons (Fsp3) is 0.545. The van der Waals surface area contributed by atoms with Gasteiger partial charge in [0, 0.05) is 6.42 Å². The lowest BCUT2D eigenvalue weighted by Gasteiger charge is -2.25. The number of carboxylic acid groups (broad SMARTS) is 1. The number of carbonyl (C=O) groups is 4. The highest BCUT2D eigenvalue weighted by Gasteiger charge is 2.30. The first-order valence-corrected chi connectivity index (χ1v) is 11.0. The van der Waals surface area contributed by atoms with Gasteiger partial charge in [0.15, 0.2) is 0 Å². The molecule has 34 heavy (non-hydrogen) atoms. The minimum Gasteiger partial charge on any atom is -0.508 e. The second kappa shape index (κ2) is 14.1. The lowest BCUT2D eigenvalue weighted by molar-refractivity contribution is -0.141. The van der Waals surface area contributed by atoms with Crippen molar-refractivity contribution in [3.05, 3.63) is 29.8 Å². The van der Waals surface area contributed by atoms with Crippen molar-refractivity contribution >= 4 is 23.7 Å². The molecule has 1 rings (SSSR count). The van der Waals surface area contributed by atoms with Gasteiger partial charge in [0.25, 0.3) is 0 Å². The van der Waals surface area contributed by atoms with Gasteiger partial charge in [-0.1, -0.05) is 12.1 Å². The van der Waals surface area contributed by atoms with E-state index in [-0.39, 0.29) is 18.6 Å². The van der Waals surface area contributed by atoms with Crippen molar-refractivity contribution in [2.75, 3.05) is 6.54 Å². The molecule has 0 bridgehead atoms. The molecule has 1 aromatic rings. The van der Waals surface area contributed by atoms with Crippen molar-refractivity contribution in [2.45, 2.75) is 69.8 Å². The van der Waals surface area contributed by atoms with E-state index in [2.05, 4.69) is 16.0 Å². The number of benzene rings is 1. The molecule has 0 spiro atoms. The molecule has 0 saturated carbocycles. The molecule has 0 aliphatic rings. The maximum absolute atomic E-state index is 13.0. The van der Waals surface area contributed by atoms with Crippen molar-refractivity contribution in [1.29, 1.82) is 0 Å². The number of hydrogen-bond donors (Lipinski definition) is 8. The van der Waals surface area contributed by atoms with Gasteiger partial charge < -0.3 is 42.7 Å². The predicted molar refractivity (Wildman–Crippen MR) is 123 cm³/mol. The molecule has 0 aliphatic heterocycles. The summed E-state index contributed by atoms with van der Waals surface area (Å²) in [7, 11) is 0. The van der Waals surface area contributed by atoms with Gasteiger partial charge in [-0.25, -0.2) is 0 Å². The highest BCUT2D eigenvalue weighted by Crippen LogP contribution is 2.12. The Morgan fingerprint density at radius 1 is 0.912 bits per heavy atom. The van der Waals surface area contributed by atoms with Gasteiger partial charge in [-0.2, -0.15) is 0 Å². The average Bonchev–Trinajstić information content (AvgIpc) is 2.78. The number of phenolic OH excluding ortho intramolecular Hbond substituents is 1. The van der Waals surface area contributed by atoms with Crippen LogP contribution in [0.5, 0.6) is 5.75 Å². The van der Waals surface area contributed by atoms with E-state index in [0.29, 0.717) is 24.9 Å². The molecule has 0 radical (unpaired) electrons. The summed E-state index contributed by atoms with van der Waals surface area (Å²) in [6, 6.07) is 1.27. The highest BCUT2D eigenvalue weighted by atomic mass is 16.4. The SMILES string of the molecule is CC(NC(=O)C(Cc1ccc(O)cc1)NC(=O)C(CCCCN)NC(=O)C(N)C(C)O)C(=O)O. The molecule has 3 amide bonds. The number of carbonyl (C=O) groups excluding carboxylic acids is 3. The fourth-order valence-corrected chi connectivity index (χ4v) is 2.97. The third kappa shape index (κ3) is 9.73. The normalized spacial score (nSPS) is 15.3. The molecule has 0 saturated heterocycles. The van der Waals surface area contributed by atoms with Crippen LogP contribution in [0.3, 0.4) is 0 Å². The summed E-state index contributed by atoms with van der Waals surface area (Å²) in [5, 5.41) is 35.5. The number of hydrogen-bond acceptors (Lipinski definition) is 8. The number of carboxylic acids is 1. The van der Waals surface area contributed by atoms with Gasteiger partial charge in [0.05, 0.1) is 6.10 Å². The summed E-state index contributed by atoms with van der Waals surface area (Å²) in [4.78, 5) is 49.3. The number of rotatable bonds is 14. The number of nitrogens with two attached hydrogens (primary N) is 2. The van der Waals surface area contributed by atoms with E-state index in [4.69, 9.17) is 16.6 Å². The number of aliphatic hydroxyl groups excluding tert-OH is 1. The Bertz CT molecular complexity index is 831. The Balaban J connectivity index is 3.07. The summed E-state index contributed by atoms with van der Waals surface area (Å²) in [6.07, 6.45) is 0.166. The van der Waals surface area contributed by atoms with E-state index in [9.17, 15) is 29.4 Å². The van der Waals surface area contributed by atoms with Crippen LogP contribution in [-0.4, -0.2) is 75.8 Å². The van der Waals surface area contributed by atoms with E-state index in [1.165, 1.54) is 26.0 Å². The molecule has 5 unspecified atom stereocenters. The summed E-state index contributed by atoms with van der Waals surface area (Å²) < 4.78 is 0. The first kappa shape index (κ1) is 28.8. The van der Waals surface area contributed by atoms with Gasteiger partial charge in [0.1, 0.15) is 29.9 Å². The molecule has 190 valence electrons. The van der Waals surface area contributed by atoms with E-state index < -0.39 is 54.0 Å². The molecule has 0 fully saturated rings. The molecule has 0 heterocycles. The van der Waals surface area contributed by atoms with Crippen LogP contribution >= 0.6 is 0 Å². The quantitative estimate of drug-likeness (QED) is 0.142. The topological polar surface area (TPSA) is 217 Å². The molecule has 0 aliphatic carbocycles.